The van der Waals surface area contributed by atoms with Crippen molar-refractivity contribution in [3.63, 3.8) is 0 Å². The molecule has 5 N–H and O–H groups in total. The normalized spacial score (nSPS) is 11.0. The second kappa shape index (κ2) is 14.9. The zero-order chi connectivity index (χ0) is 30.1. The minimum atomic E-state index is -0.735. The number of carbonyl (C=O) groups excluding carboxylic acids is 2. The molecule has 222 valence electrons. The lowest BCUT2D eigenvalue weighted by molar-refractivity contribution is -0.121. The lowest BCUT2D eigenvalue weighted by atomic mass is 10.2. The molecule has 0 aliphatic heterocycles. The highest BCUT2D eigenvalue weighted by atomic mass is 35.5. The number of aromatic nitrogens is 1. The van der Waals surface area contributed by atoms with Crippen LogP contribution in [0.1, 0.15) is 16.1 Å². The van der Waals surface area contributed by atoms with Crippen molar-refractivity contribution in [2.45, 2.75) is 6.54 Å². The minimum Gasteiger partial charge on any atom is -0.453 e. The molecule has 0 aliphatic carbocycles. The molecule has 10 nitrogen and oxygen atoms in total. The van der Waals surface area contributed by atoms with Gasteiger partial charge in [0.1, 0.15) is 18.1 Å². The van der Waals surface area contributed by atoms with Crippen LogP contribution in [0.15, 0.2) is 54.6 Å². The topological polar surface area (TPSA) is 137 Å². The Morgan fingerprint density at radius 1 is 0.976 bits per heavy atom. The maximum Gasteiger partial charge on any atom is 0.267 e. The molecule has 2 amide bonds. The van der Waals surface area contributed by atoms with E-state index in [0.29, 0.717) is 47.1 Å². The fraction of sp³-hybridized carbons (Fsp3) is 0.241. The second-order valence-corrected chi connectivity index (χ2v) is 9.89. The molecule has 3 aromatic carbocycles. The smallest absolute Gasteiger partial charge is 0.267 e. The molecular formula is C29H29Cl2FN4O6. The molecule has 13 heteroatoms. The van der Waals surface area contributed by atoms with Crippen molar-refractivity contribution in [1.29, 1.82) is 0 Å². The summed E-state index contributed by atoms with van der Waals surface area (Å²) in [6.07, 6.45) is 0. The van der Waals surface area contributed by atoms with Crippen LogP contribution in [0, 0.1) is 5.82 Å². The van der Waals surface area contributed by atoms with E-state index < -0.39 is 11.7 Å². The number of nitrogen functional groups attached to an aromatic ring is 1. The van der Waals surface area contributed by atoms with Gasteiger partial charge in [0.25, 0.3) is 5.91 Å². The molecule has 0 bridgehead atoms. The molecule has 0 unspecified atom stereocenters. The van der Waals surface area contributed by atoms with E-state index in [9.17, 15) is 9.59 Å². The number of hydrogen-bond acceptors (Lipinski definition) is 7. The summed E-state index contributed by atoms with van der Waals surface area (Å²) in [5.41, 5.74) is 7.75. The predicted octanol–water partition coefficient (Wildman–Crippen LogP) is 5.54. The van der Waals surface area contributed by atoms with E-state index in [1.165, 1.54) is 30.3 Å². The van der Waals surface area contributed by atoms with Crippen LogP contribution in [0.2, 0.25) is 10.0 Å². The summed E-state index contributed by atoms with van der Waals surface area (Å²) in [5, 5.41) is 6.49. The third-order valence-electron chi connectivity index (χ3n) is 5.87. The summed E-state index contributed by atoms with van der Waals surface area (Å²) in [4.78, 5) is 28.1. The van der Waals surface area contributed by atoms with Gasteiger partial charge in [-0.3, -0.25) is 9.59 Å². The van der Waals surface area contributed by atoms with Crippen LogP contribution in [0.3, 0.4) is 0 Å². The zero-order valence-corrected chi connectivity index (χ0v) is 24.1. The number of amides is 2. The number of rotatable bonds is 14. The first-order chi connectivity index (χ1) is 20.2. The molecule has 0 spiro atoms. The van der Waals surface area contributed by atoms with E-state index in [4.69, 9.17) is 47.9 Å². The van der Waals surface area contributed by atoms with Gasteiger partial charge in [-0.15, -0.1) is 0 Å². The average Bonchev–Trinajstić information content (AvgIpc) is 3.37. The number of anilines is 2. The highest BCUT2D eigenvalue weighted by molar-refractivity contribution is 6.32. The van der Waals surface area contributed by atoms with Crippen LogP contribution in [-0.2, 0) is 25.5 Å². The zero-order valence-electron chi connectivity index (χ0n) is 22.6. The number of nitrogens with two attached hydrogens (primary N) is 1. The van der Waals surface area contributed by atoms with Crippen molar-refractivity contribution in [2.24, 2.45) is 0 Å². The largest absolute Gasteiger partial charge is 0.453 e. The van der Waals surface area contributed by atoms with Gasteiger partial charge in [0.05, 0.1) is 31.5 Å². The van der Waals surface area contributed by atoms with Crippen LogP contribution in [0.5, 0.6) is 11.5 Å². The molecule has 0 fully saturated rings. The maximum absolute atomic E-state index is 15.3. The van der Waals surface area contributed by atoms with Crippen LogP contribution < -0.4 is 21.1 Å². The van der Waals surface area contributed by atoms with Crippen molar-refractivity contribution >= 4 is 57.3 Å². The number of fused-ring (bicyclic) bond motifs is 1. The Labute approximate surface area is 251 Å². The summed E-state index contributed by atoms with van der Waals surface area (Å²) in [5.74, 6) is -1.53. The molecule has 4 aromatic rings. The van der Waals surface area contributed by atoms with E-state index in [0.717, 1.165) is 0 Å². The van der Waals surface area contributed by atoms with Crippen LogP contribution >= 0.6 is 23.2 Å². The number of benzene rings is 3. The number of hydrogen-bond donors (Lipinski definition) is 4. The first-order valence-electron chi connectivity index (χ1n) is 12.8. The van der Waals surface area contributed by atoms with E-state index in [1.54, 1.807) is 31.4 Å². The molecular weight excluding hydrogens is 590 g/mol. The SMILES string of the molecule is COCCOCCOCC(=O)Nc1ccc2[nH]c(C(=O)NCc3ccc(Cl)c(Oc4cc(N)cc(Cl)c4)c3F)cc2c1. The summed E-state index contributed by atoms with van der Waals surface area (Å²) in [6, 6.07) is 14.2. The number of halogens is 3. The standard InChI is InChI=1S/C29H29Cl2FN4O6/c1-39-6-7-40-8-9-41-16-26(37)35-21-3-5-24-18(10-21)11-25(36-24)29(38)34-15-17-2-4-23(31)28(27(17)32)42-22-13-19(30)12-20(33)14-22/h2-5,10-14,36H,6-9,15-16,33H2,1H3,(H,34,38)(H,35,37). The lowest BCUT2D eigenvalue weighted by Gasteiger charge is -2.13. The van der Waals surface area contributed by atoms with Crippen molar-refractivity contribution in [3.8, 4) is 11.5 Å². The molecule has 42 heavy (non-hydrogen) atoms. The average molecular weight is 619 g/mol. The van der Waals surface area contributed by atoms with Crippen molar-refractivity contribution in [1.82, 2.24) is 10.3 Å². The van der Waals surface area contributed by atoms with Crippen LogP contribution in [0.25, 0.3) is 10.9 Å². The second-order valence-electron chi connectivity index (χ2n) is 9.05. The van der Waals surface area contributed by atoms with Gasteiger partial charge >= 0.3 is 0 Å². The van der Waals surface area contributed by atoms with Crippen LogP contribution in [-0.4, -0.2) is 56.9 Å². The number of nitrogens with one attached hydrogen (secondary N) is 3. The van der Waals surface area contributed by atoms with Gasteiger partial charge in [-0.25, -0.2) is 4.39 Å². The number of carbonyl (C=O) groups is 2. The van der Waals surface area contributed by atoms with Gasteiger partial charge in [-0.1, -0.05) is 29.3 Å². The van der Waals surface area contributed by atoms with Crippen molar-refractivity contribution < 1.29 is 32.9 Å². The fourth-order valence-corrected chi connectivity index (χ4v) is 4.31. The van der Waals surface area contributed by atoms with Gasteiger partial charge < -0.3 is 40.3 Å². The predicted molar refractivity (Wildman–Crippen MR) is 159 cm³/mol. The van der Waals surface area contributed by atoms with E-state index in [-0.39, 0.29) is 53.4 Å². The molecule has 0 saturated heterocycles. The van der Waals surface area contributed by atoms with Crippen LogP contribution in [0.4, 0.5) is 15.8 Å². The fourth-order valence-electron chi connectivity index (χ4n) is 3.89. The first-order valence-corrected chi connectivity index (χ1v) is 13.5. The summed E-state index contributed by atoms with van der Waals surface area (Å²) in [6.45, 7) is 1.31. The van der Waals surface area contributed by atoms with Gasteiger partial charge in [-0.2, -0.15) is 0 Å². The Kier molecular flexibility index (Phi) is 11.0. The third-order valence-corrected chi connectivity index (χ3v) is 6.38. The van der Waals surface area contributed by atoms with Gasteiger partial charge in [0.15, 0.2) is 11.6 Å². The number of H-pyrrole nitrogens is 1. The summed E-state index contributed by atoms with van der Waals surface area (Å²) < 4.78 is 36.3. The third kappa shape index (κ3) is 8.57. The van der Waals surface area contributed by atoms with E-state index in [2.05, 4.69) is 15.6 Å². The Balaban J connectivity index is 1.33. The van der Waals surface area contributed by atoms with Gasteiger partial charge in [-0.05, 0) is 42.5 Å². The molecule has 0 atom stereocenters. The Bertz CT molecular complexity index is 1540. The van der Waals surface area contributed by atoms with Gasteiger partial charge in [0.2, 0.25) is 5.91 Å². The highest BCUT2D eigenvalue weighted by Gasteiger charge is 2.17. The molecule has 0 radical (unpaired) electrons. The lowest BCUT2D eigenvalue weighted by Crippen LogP contribution is -2.23. The Hall–Kier alpha value is -3.87. The summed E-state index contributed by atoms with van der Waals surface area (Å²) in [7, 11) is 1.59. The maximum atomic E-state index is 15.3. The summed E-state index contributed by atoms with van der Waals surface area (Å²) >= 11 is 12.2. The number of ether oxygens (including phenoxy) is 4. The van der Waals surface area contributed by atoms with Gasteiger partial charge in [0, 0.05) is 52.6 Å². The highest BCUT2D eigenvalue weighted by Crippen LogP contribution is 2.35. The van der Waals surface area contributed by atoms with Crippen molar-refractivity contribution in [2.75, 3.05) is 51.2 Å². The molecule has 1 heterocycles. The quantitative estimate of drug-likeness (QED) is 0.108. The Morgan fingerprint density at radius 2 is 1.76 bits per heavy atom. The monoisotopic (exact) mass is 618 g/mol. The van der Waals surface area contributed by atoms with E-state index >= 15 is 4.39 Å². The number of aromatic amines is 1. The molecule has 0 saturated carbocycles. The minimum absolute atomic E-state index is 0.0400. The van der Waals surface area contributed by atoms with Crippen molar-refractivity contribution in [3.05, 3.63) is 81.7 Å². The first kappa shape index (κ1) is 31.1. The molecule has 0 aliphatic rings. The van der Waals surface area contributed by atoms with E-state index in [1.807, 2.05) is 0 Å². The molecule has 1 aromatic heterocycles. The molecule has 4 rings (SSSR count). The Morgan fingerprint density at radius 3 is 2.55 bits per heavy atom. The number of methoxy groups -OCH3 is 1.